The summed E-state index contributed by atoms with van der Waals surface area (Å²) in [6.45, 7) is 27.0. The Kier molecular flexibility index (Phi) is 8.78. The highest BCUT2D eigenvalue weighted by atomic mass is 32.1. The third-order valence-electron chi connectivity index (χ3n) is 7.67. The van der Waals surface area contributed by atoms with E-state index < -0.39 is 0 Å². The van der Waals surface area contributed by atoms with Crippen LogP contribution in [0.25, 0.3) is 0 Å². The van der Waals surface area contributed by atoms with Crippen LogP contribution < -0.4 is 4.90 Å². The smallest absolute Gasteiger partial charge is 0.124 e. The Bertz CT molecular complexity index is 1280. The van der Waals surface area contributed by atoms with Crippen molar-refractivity contribution in [2.45, 2.75) is 123 Å². The molecule has 3 aromatic carbocycles. The highest BCUT2D eigenvalue weighted by Gasteiger charge is 2.28. The van der Waals surface area contributed by atoms with Gasteiger partial charge in [0.05, 0.1) is 5.69 Å². The minimum Gasteiger partial charge on any atom is -0.507 e. The Morgan fingerprint density at radius 3 is 1.27 bits per heavy atom. The van der Waals surface area contributed by atoms with Crippen molar-refractivity contribution in [1.82, 2.24) is 0 Å². The molecule has 0 heterocycles. The van der Waals surface area contributed by atoms with Gasteiger partial charge in [0.2, 0.25) is 0 Å². The van der Waals surface area contributed by atoms with Gasteiger partial charge in [-0.3, -0.25) is 0 Å². The lowest BCUT2D eigenvalue weighted by Crippen LogP contribution is -2.25. The molecule has 0 saturated carbocycles. The van der Waals surface area contributed by atoms with E-state index in [4.69, 9.17) is 12.6 Å². The number of benzene rings is 3. The van der Waals surface area contributed by atoms with Crippen molar-refractivity contribution >= 4 is 18.3 Å². The zero-order chi connectivity index (χ0) is 30.4. The number of phenols is 2. The van der Waals surface area contributed by atoms with Gasteiger partial charge in [-0.05, 0) is 68.2 Å². The first-order valence-electron chi connectivity index (χ1n) is 14.4. The van der Waals surface area contributed by atoms with Gasteiger partial charge in [-0.2, -0.15) is 0 Å². The van der Waals surface area contributed by atoms with Crippen molar-refractivity contribution in [2.75, 3.05) is 4.90 Å². The van der Waals surface area contributed by atoms with Crippen molar-refractivity contribution in [3.05, 3.63) is 81.9 Å². The molecule has 40 heavy (non-hydrogen) atoms. The number of para-hydroxylation sites is 1. The number of hydrogen-bond donors (Lipinski definition) is 3. The molecule has 0 spiro atoms. The van der Waals surface area contributed by atoms with E-state index in [-0.39, 0.29) is 21.7 Å². The summed E-state index contributed by atoms with van der Waals surface area (Å²) in [6, 6.07) is 16.6. The maximum Gasteiger partial charge on any atom is 0.124 e. The molecule has 4 heteroatoms. The molecule has 218 valence electrons. The highest BCUT2D eigenvalue weighted by molar-refractivity contribution is 7.80. The molecule has 0 aliphatic rings. The number of rotatable bonds is 5. The summed E-state index contributed by atoms with van der Waals surface area (Å²) in [5.74, 6) is 0.676. The second-order valence-electron chi connectivity index (χ2n) is 15.4. The Morgan fingerprint density at radius 2 is 0.950 bits per heavy atom. The van der Waals surface area contributed by atoms with Gasteiger partial charge in [-0.25, -0.2) is 0 Å². The average molecular weight is 562 g/mol. The fourth-order valence-corrected chi connectivity index (χ4v) is 5.31. The molecule has 3 rings (SSSR count). The predicted octanol–water partition coefficient (Wildman–Crippen LogP) is 9.78. The van der Waals surface area contributed by atoms with Crippen LogP contribution in [-0.4, -0.2) is 10.2 Å². The van der Waals surface area contributed by atoms with Crippen molar-refractivity contribution < 1.29 is 10.2 Å². The van der Waals surface area contributed by atoms with Crippen LogP contribution in [0.4, 0.5) is 5.69 Å². The summed E-state index contributed by atoms with van der Waals surface area (Å²) < 4.78 is 0. The van der Waals surface area contributed by atoms with Gasteiger partial charge in [0, 0.05) is 29.1 Å². The Balaban J connectivity index is 2.26. The van der Waals surface area contributed by atoms with Crippen LogP contribution in [-0.2, 0) is 34.7 Å². The van der Waals surface area contributed by atoms with Gasteiger partial charge in [-0.1, -0.05) is 107 Å². The first kappa shape index (κ1) is 31.9. The van der Waals surface area contributed by atoms with E-state index in [1.165, 1.54) is 11.1 Å². The molecule has 0 radical (unpaired) electrons. The molecule has 0 bridgehead atoms. The van der Waals surface area contributed by atoms with Gasteiger partial charge in [0.1, 0.15) is 11.5 Å². The summed E-state index contributed by atoms with van der Waals surface area (Å²) in [5.41, 5.74) is 6.40. The molecule has 0 amide bonds. The van der Waals surface area contributed by atoms with Gasteiger partial charge in [-0.15, -0.1) is 12.6 Å². The van der Waals surface area contributed by atoms with E-state index in [1.54, 1.807) is 0 Å². The monoisotopic (exact) mass is 561 g/mol. The average Bonchev–Trinajstić information content (AvgIpc) is 2.78. The summed E-state index contributed by atoms with van der Waals surface area (Å²) in [5, 5.41) is 23.2. The molecule has 0 unspecified atom stereocenters. The van der Waals surface area contributed by atoms with E-state index >= 15 is 0 Å². The van der Waals surface area contributed by atoms with E-state index in [2.05, 4.69) is 118 Å². The van der Waals surface area contributed by atoms with Crippen LogP contribution in [0.1, 0.15) is 116 Å². The fraction of sp³-hybridized carbons (Fsp3) is 0.500. The van der Waals surface area contributed by atoms with E-state index in [0.717, 1.165) is 32.8 Å². The number of phenolic OH excluding ortho intramolecular Hbond substituents is 2. The standard InChI is InChI=1S/C36H51NO2S/c1-33(2,3)25-17-23(31(38)27(19-25)35(7,8)9)21-37(29-15-13-14-16-30(29)40)22-24-18-26(34(4,5)6)20-28(32(24)39)36(10,11)12/h13-20,38-40H,21-22H2,1-12H3. The summed E-state index contributed by atoms with van der Waals surface area (Å²) in [6.07, 6.45) is 0. The molecule has 3 aromatic rings. The molecule has 0 fully saturated rings. The number of anilines is 1. The zero-order valence-corrected chi connectivity index (χ0v) is 27.7. The SMILES string of the molecule is CC(C)(C)c1cc(CN(Cc2cc(C(C)(C)C)cc(C(C)(C)C)c2O)c2ccccc2S)c(O)c(C(C)(C)C)c1. The summed E-state index contributed by atoms with van der Waals surface area (Å²) >= 11 is 4.82. The molecule has 0 saturated heterocycles. The van der Waals surface area contributed by atoms with Crippen molar-refractivity contribution in [3.8, 4) is 11.5 Å². The van der Waals surface area contributed by atoms with Crippen LogP contribution in [0.15, 0.2) is 53.4 Å². The quantitative estimate of drug-likeness (QED) is 0.272. The summed E-state index contributed by atoms with van der Waals surface area (Å²) in [4.78, 5) is 3.08. The molecule has 3 nitrogen and oxygen atoms in total. The second kappa shape index (κ2) is 11.0. The Morgan fingerprint density at radius 1 is 0.575 bits per heavy atom. The lowest BCUT2D eigenvalue weighted by molar-refractivity contribution is 0.434. The van der Waals surface area contributed by atoms with Crippen LogP contribution in [0.3, 0.4) is 0 Å². The number of thiol groups is 1. The van der Waals surface area contributed by atoms with Gasteiger partial charge in [0.15, 0.2) is 0 Å². The molecule has 0 aliphatic carbocycles. The number of nitrogens with zero attached hydrogens (tertiary/aromatic N) is 1. The lowest BCUT2D eigenvalue weighted by Gasteiger charge is -2.32. The van der Waals surface area contributed by atoms with Gasteiger partial charge >= 0.3 is 0 Å². The normalized spacial score (nSPS) is 13.0. The Hall–Kier alpha value is -2.59. The van der Waals surface area contributed by atoms with Crippen LogP contribution in [0.5, 0.6) is 11.5 Å². The largest absolute Gasteiger partial charge is 0.507 e. The van der Waals surface area contributed by atoms with Gasteiger partial charge in [0.25, 0.3) is 0 Å². The van der Waals surface area contributed by atoms with Crippen LogP contribution >= 0.6 is 12.6 Å². The predicted molar refractivity (Wildman–Crippen MR) is 175 cm³/mol. The number of aromatic hydroxyl groups is 2. The molecular weight excluding hydrogens is 510 g/mol. The third-order valence-corrected chi connectivity index (χ3v) is 8.05. The minimum atomic E-state index is -0.215. The van der Waals surface area contributed by atoms with Crippen molar-refractivity contribution in [2.24, 2.45) is 0 Å². The third kappa shape index (κ3) is 7.18. The molecular formula is C36H51NO2S. The molecule has 2 N–H and O–H groups in total. The van der Waals surface area contributed by atoms with Crippen LogP contribution in [0, 0.1) is 0 Å². The second-order valence-corrected chi connectivity index (χ2v) is 15.9. The van der Waals surface area contributed by atoms with E-state index in [9.17, 15) is 10.2 Å². The molecule has 0 atom stereocenters. The maximum absolute atomic E-state index is 11.6. The molecule has 0 aliphatic heterocycles. The van der Waals surface area contributed by atoms with Crippen molar-refractivity contribution in [1.29, 1.82) is 0 Å². The van der Waals surface area contributed by atoms with E-state index in [1.807, 2.05) is 18.2 Å². The Labute approximate surface area is 249 Å². The zero-order valence-electron chi connectivity index (χ0n) is 26.8. The first-order chi connectivity index (χ1) is 18.1. The fourth-order valence-electron chi connectivity index (χ4n) is 5.01. The topological polar surface area (TPSA) is 43.7 Å². The lowest BCUT2D eigenvalue weighted by atomic mass is 9.78. The summed E-state index contributed by atoms with van der Waals surface area (Å²) in [7, 11) is 0. The van der Waals surface area contributed by atoms with E-state index in [0.29, 0.717) is 24.6 Å². The first-order valence-corrected chi connectivity index (χ1v) is 14.8. The van der Waals surface area contributed by atoms with Crippen LogP contribution in [0.2, 0.25) is 0 Å². The minimum absolute atomic E-state index is 0.0738. The van der Waals surface area contributed by atoms with Gasteiger partial charge < -0.3 is 15.1 Å². The maximum atomic E-state index is 11.6. The number of hydrogen-bond acceptors (Lipinski definition) is 4. The van der Waals surface area contributed by atoms with Crippen molar-refractivity contribution in [3.63, 3.8) is 0 Å². The molecule has 0 aromatic heterocycles. The highest BCUT2D eigenvalue weighted by Crippen LogP contribution is 2.42.